The topological polar surface area (TPSA) is 74.1 Å². The molecule has 0 atom stereocenters. The highest BCUT2D eigenvalue weighted by Crippen LogP contribution is 2.20. The van der Waals surface area contributed by atoms with Gasteiger partial charge in [-0.05, 0) is 44.0 Å². The molecule has 5 nitrogen and oxygen atoms in total. The molecule has 0 radical (unpaired) electrons. The van der Waals surface area contributed by atoms with Crippen molar-refractivity contribution in [3.8, 4) is 11.8 Å². The van der Waals surface area contributed by atoms with Gasteiger partial charge in [-0.2, -0.15) is 5.26 Å². The Labute approximate surface area is 118 Å². The Hall–Kier alpha value is -2.06. The first-order chi connectivity index (χ1) is 9.78. The van der Waals surface area contributed by atoms with E-state index < -0.39 is 0 Å². The summed E-state index contributed by atoms with van der Waals surface area (Å²) in [6.07, 6.45) is 2.67. The smallest absolute Gasteiger partial charge is 0.224 e. The maximum absolute atomic E-state index is 12.0. The summed E-state index contributed by atoms with van der Waals surface area (Å²) in [6.45, 7) is 2.00. The van der Waals surface area contributed by atoms with Crippen molar-refractivity contribution >= 4 is 11.6 Å². The third-order valence-electron chi connectivity index (χ3n) is 3.35. The Kier molecular flexibility index (Phi) is 5.39. The standard InChI is InChI=1S/C15H19N3O2/c16-6-9-20-14-3-1-2-13(11-14)18-15(19)10-12-4-7-17-8-5-12/h1-3,11-12,17H,4-5,7-10H2,(H,18,19). The van der Waals surface area contributed by atoms with Crippen molar-refractivity contribution in [3.63, 3.8) is 0 Å². The van der Waals surface area contributed by atoms with Gasteiger partial charge in [0.25, 0.3) is 0 Å². The van der Waals surface area contributed by atoms with Crippen molar-refractivity contribution in [2.24, 2.45) is 5.92 Å². The number of hydrogen-bond acceptors (Lipinski definition) is 4. The molecule has 20 heavy (non-hydrogen) atoms. The van der Waals surface area contributed by atoms with Gasteiger partial charge in [0.05, 0.1) is 0 Å². The molecule has 1 aliphatic rings. The summed E-state index contributed by atoms with van der Waals surface area (Å²) in [4.78, 5) is 12.0. The van der Waals surface area contributed by atoms with Gasteiger partial charge in [0.15, 0.2) is 6.61 Å². The van der Waals surface area contributed by atoms with E-state index in [1.807, 2.05) is 12.1 Å². The number of nitriles is 1. The summed E-state index contributed by atoms with van der Waals surface area (Å²) in [6, 6.07) is 9.03. The molecule has 5 heteroatoms. The molecule has 0 bridgehead atoms. The number of ether oxygens (including phenoxy) is 1. The zero-order valence-corrected chi connectivity index (χ0v) is 11.4. The number of anilines is 1. The summed E-state index contributed by atoms with van der Waals surface area (Å²) < 4.78 is 5.21. The number of carbonyl (C=O) groups is 1. The van der Waals surface area contributed by atoms with Gasteiger partial charge in [-0.25, -0.2) is 0 Å². The molecule has 0 unspecified atom stereocenters. The van der Waals surface area contributed by atoms with Crippen LogP contribution in [0.1, 0.15) is 19.3 Å². The Bertz CT molecular complexity index is 490. The van der Waals surface area contributed by atoms with Crippen LogP contribution < -0.4 is 15.4 Å². The van der Waals surface area contributed by atoms with Gasteiger partial charge in [0.2, 0.25) is 5.91 Å². The highest BCUT2D eigenvalue weighted by molar-refractivity contribution is 5.91. The minimum atomic E-state index is 0.00642. The Morgan fingerprint density at radius 3 is 3.00 bits per heavy atom. The third-order valence-corrected chi connectivity index (χ3v) is 3.35. The Morgan fingerprint density at radius 1 is 1.45 bits per heavy atom. The lowest BCUT2D eigenvalue weighted by atomic mass is 9.94. The van der Waals surface area contributed by atoms with Crippen LogP contribution in [0.15, 0.2) is 24.3 Å². The number of carbonyl (C=O) groups excluding carboxylic acids is 1. The molecule has 1 aliphatic heterocycles. The molecule has 1 fully saturated rings. The number of benzene rings is 1. The number of piperidine rings is 1. The molecule has 0 aliphatic carbocycles. The summed E-state index contributed by atoms with van der Waals surface area (Å²) in [7, 11) is 0. The average Bonchev–Trinajstić information content (AvgIpc) is 2.46. The molecular weight excluding hydrogens is 254 g/mol. The van der Waals surface area contributed by atoms with E-state index >= 15 is 0 Å². The van der Waals surface area contributed by atoms with E-state index in [2.05, 4.69) is 10.6 Å². The van der Waals surface area contributed by atoms with Crippen molar-refractivity contribution in [3.05, 3.63) is 24.3 Å². The van der Waals surface area contributed by atoms with Gasteiger partial charge < -0.3 is 15.4 Å². The molecule has 1 aromatic rings. The second kappa shape index (κ2) is 7.51. The van der Waals surface area contributed by atoms with Crippen LogP contribution in [-0.2, 0) is 4.79 Å². The van der Waals surface area contributed by atoms with E-state index in [0.29, 0.717) is 23.8 Å². The number of nitrogens with zero attached hydrogens (tertiary/aromatic N) is 1. The van der Waals surface area contributed by atoms with Crippen LogP contribution in [0.25, 0.3) is 0 Å². The minimum absolute atomic E-state index is 0.00642. The van der Waals surface area contributed by atoms with E-state index in [1.54, 1.807) is 18.2 Å². The highest BCUT2D eigenvalue weighted by atomic mass is 16.5. The molecule has 0 aromatic heterocycles. The van der Waals surface area contributed by atoms with Crippen LogP contribution >= 0.6 is 0 Å². The Morgan fingerprint density at radius 2 is 2.25 bits per heavy atom. The van der Waals surface area contributed by atoms with E-state index in [4.69, 9.17) is 10.00 Å². The van der Waals surface area contributed by atoms with Gasteiger partial charge >= 0.3 is 0 Å². The first-order valence-corrected chi connectivity index (χ1v) is 6.88. The van der Waals surface area contributed by atoms with Crippen LogP contribution in [0, 0.1) is 17.2 Å². The Balaban J connectivity index is 1.85. The van der Waals surface area contributed by atoms with Crippen molar-refractivity contribution in [2.75, 3.05) is 25.0 Å². The van der Waals surface area contributed by atoms with Crippen LogP contribution in [0.5, 0.6) is 5.75 Å². The molecule has 1 saturated heterocycles. The normalized spacial score (nSPS) is 15.3. The predicted octanol–water partition coefficient (Wildman–Crippen LogP) is 1.92. The zero-order valence-electron chi connectivity index (χ0n) is 11.4. The van der Waals surface area contributed by atoms with Crippen LogP contribution in [-0.4, -0.2) is 25.6 Å². The lowest BCUT2D eigenvalue weighted by Gasteiger charge is -2.21. The maximum Gasteiger partial charge on any atom is 0.224 e. The molecule has 1 heterocycles. The van der Waals surface area contributed by atoms with Crippen LogP contribution in [0.3, 0.4) is 0 Å². The van der Waals surface area contributed by atoms with Gasteiger partial charge in [0.1, 0.15) is 11.8 Å². The molecular formula is C15H19N3O2. The molecule has 2 N–H and O–H groups in total. The SMILES string of the molecule is N#CCOc1cccc(NC(=O)CC2CCNCC2)c1. The number of nitrogens with one attached hydrogen (secondary N) is 2. The maximum atomic E-state index is 12.0. The monoisotopic (exact) mass is 273 g/mol. The first-order valence-electron chi connectivity index (χ1n) is 6.88. The first kappa shape index (κ1) is 14.4. The molecule has 1 aromatic carbocycles. The number of amides is 1. The quantitative estimate of drug-likeness (QED) is 0.859. The third kappa shape index (κ3) is 4.56. The number of hydrogen-bond donors (Lipinski definition) is 2. The molecule has 0 spiro atoms. The largest absolute Gasteiger partial charge is 0.479 e. The zero-order chi connectivity index (χ0) is 14.2. The van der Waals surface area contributed by atoms with Gasteiger partial charge in [0, 0.05) is 18.2 Å². The molecule has 1 amide bonds. The van der Waals surface area contributed by atoms with Crippen molar-refractivity contribution in [1.82, 2.24) is 5.32 Å². The van der Waals surface area contributed by atoms with Gasteiger partial charge in [-0.1, -0.05) is 6.07 Å². The molecule has 106 valence electrons. The van der Waals surface area contributed by atoms with Crippen molar-refractivity contribution in [2.45, 2.75) is 19.3 Å². The molecule has 2 rings (SSSR count). The molecule has 0 saturated carbocycles. The van der Waals surface area contributed by atoms with E-state index in [-0.39, 0.29) is 12.5 Å². The fourth-order valence-corrected chi connectivity index (χ4v) is 2.34. The van der Waals surface area contributed by atoms with E-state index in [9.17, 15) is 4.79 Å². The summed E-state index contributed by atoms with van der Waals surface area (Å²) in [5.74, 6) is 1.09. The van der Waals surface area contributed by atoms with Crippen molar-refractivity contribution < 1.29 is 9.53 Å². The second-order valence-corrected chi connectivity index (χ2v) is 4.92. The lowest BCUT2D eigenvalue weighted by molar-refractivity contribution is -0.117. The summed E-state index contributed by atoms with van der Waals surface area (Å²) in [5.41, 5.74) is 0.708. The van der Waals surface area contributed by atoms with Gasteiger partial charge in [-0.15, -0.1) is 0 Å². The minimum Gasteiger partial charge on any atom is -0.479 e. The summed E-state index contributed by atoms with van der Waals surface area (Å²) >= 11 is 0. The fraction of sp³-hybridized carbons (Fsp3) is 0.467. The highest BCUT2D eigenvalue weighted by Gasteiger charge is 2.16. The van der Waals surface area contributed by atoms with E-state index in [0.717, 1.165) is 25.9 Å². The average molecular weight is 273 g/mol. The van der Waals surface area contributed by atoms with Crippen LogP contribution in [0.4, 0.5) is 5.69 Å². The summed E-state index contributed by atoms with van der Waals surface area (Å²) in [5, 5.41) is 14.6. The van der Waals surface area contributed by atoms with Crippen molar-refractivity contribution in [1.29, 1.82) is 5.26 Å². The lowest BCUT2D eigenvalue weighted by Crippen LogP contribution is -2.30. The van der Waals surface area contributed by atoms with Crippen LogP contribution in [0.2, 0.25) is 0 Å². The number of rotatable bonds is 5. The second-order valence-electron chi connectivity index (χ2n) is 4.92. The fourth-order valence-electron chi connectivity index (χ4n) is 2.34. The predicted molar refractivity (Wildman–Crippen MR) is 76.4 cm³/mol. The van der Waals surface area contributed by atoms with Gasteiger partial charge in [-0.3, -0.25) is 4.79 Å². The van der Waals surface area contributed by atoms with E-state index in [1.165, 1.54) is 0 Å².